The first kappa shape index (κ1) is 19.8. The van der Waals surface area contributed by atoms with Crippen LogP contribution in [0.2, 0.25) is 0 Å². The minimum atomic E-state index is 0.112. The summed E-state index contributed by atoms with van der Waals surface area (Å²) in [5, 5.41) is 3.20. The number of hydrogen-bond donors (Lipinski definition) is 1. The van der Waals surface area contributed by atoms with Gasteiger partial charge in [0.2, 0.25) is 5.91 Å². The summed E-state index contributed by atoms with van der Waals surface area (Å²) in [5.41, 5.74) is 2.41. The molecule has 0 bridgehead atoms. The average molecular weight is 383 g/mol. The van der Waals surface area contributed by atoms with E-state index >= 15 is 0 Å². The van der Waals surface area contributed by atoms with E-state index in [9.17, 15) is 4.79 Å². The van der Waals surface area contributed by atoms with Gasteiger partial charge in [-0.1, -0.05) is 18.2 Å². The zero-order chi connectivity index (χ0) is 19.9. The van der Waals surface area contributed by atoms with Gasteiger partial charge in [-0.25, -0.2) is 0 Å². The number of benzene rings is 1. The average Bonchev–Trinajstić information content (AvgIpc) is 3.13. The van der Waals surface area contributed by atoms with Gasteiger partial charge in [-0.05, 0) is 24.3 Å². The number of guanidine groups is 1. The maximum Gasteiger partial charge on any atom is 0.242 e. The first-order chi connectivity index (χ1) is 13.6. The number of carbonyl (C=O) groups is 1. The Hall–Kier alpha value is -2.96. The number of aromatic nitrogens is 1. The van der Waals surface area contributed by atoms with Gasteiger partial charge >= 0.3 is 0 Å². The van der Waals surface area contributed by atoms with Crippen molar-refractivity contribution in [2.24, 2.45) is 12.0 Å². The Kier molecular flexibility index (Phi) is 6.57. The van der Waals surface area contributed by atoms with Crippen molar-refractivity contribution in [2.45, 2.75) is 6.54 Å². The van der Waals surface area contributed by atoms with Crippen LogP contribution in [0.3, 0.4) is 0 Å². The van der Waals surface area contributed by atoms with E-state index in [0.29, 0.717) is 0 Å². The van der Waals surface area contributed by atoms with E-state index in [2.05, 4.69) is 38.0 Å². The molecule has 7 heteroatoms. The topological polar surface area (TPSA) is 56.1 Å². The number of piperazine rings is 1. The number of amides is 1. The van der Waals surface area contributed by atoms with Crippen LogP contribution in [0.25, 0.3) is 0 Å². The number of hydrogen-bond acceptors (Lipinski definition) is 3. The highest BCUT2D eigenvalue weighted by molar-refractivity contribution is 5.86. The van der Waals surface area contributed by atoms with Crippen molar-refractivity contribution >= 4 is 17.6 Å². The second kappa shape index (κ2) is 9.30. The third kappa shape index (κ3) is 4.85. The largest absolute Gasteiger partial charge is 0.368 e. The summed E-state index contributed by atoms with van der Waals surface area (Å²) in [5.74, 6) is 0.832. The number of carbonyl (C=O) groups excluding carboxylic acids is 1. The Morgan fingerprint density at radius 2 is 1.82 bits per heavy atom. The fourth-order valence-corrected chi connectivity index (χ4v) is 3.48. The fraction of sp³-hybridized carbons (Fsp3) is 0.429. The van der Waals surface area contributed by atoms with Crippen molar-refractivity contribution in [3.05, 3.63) is 54.4 Å². The van der Waals surface area contributed by atoms with Crippen LogP contribution in [0.4, 0.5) is 5.69 Å². The monoisotopic (exact) mass is 382 g/mol. The number of nitrogens with one attached hydrogen (secondary N) is 1. The molecule has 1 aromatic heterocycles. The standard InChI is InChI=1S/C21H30N6O/c1-22-21(25(3)17-19-10-7-11-24(19)2)23-16-20(28)27-14-12-26(13-15-27)18-8-5-4-6-9-18/h4-11H,12-17H2,1-3H3,(H,22,23). The molecular formula is C21H30N6O. The Bertz CT molecular complexity index is 792. The highest BCUT2D eigenvalue weighted by atomic mass is 16.2. The van der Waals surface area contributed by atoms with Crippen LogP contribution in [0.5, 0.6) is 0 Å². The zero-order valence-electron chi connectivity index (χ0n) is 17.0. The van der Waals surface area contributed by atoms with Crippen LogP contribution < -0.4 is 10.2 Å². The predicted molar refractivity (Wildman–Crippen MR) is 113 cm³/mol. The van der Waals surface area contributed by atoms with E-state index in [1.165, 1.54) is 11.4 Å². The van der Waals surface area contributed by atoms with Gasteiger partial charge in [0.25, 0.3) is 0 Å². The summed E-state index contributed by atoms with van der Waals surface area (Å²) in [7, 11) is 5.75. The molecule has 150 valence electrons. The van der Waals surface area contributed by atoms with Gasteiger partial charge in [0, 0.05) is 64.9 Å². The normalized spacial score (nSPS) is 14.9. The summed E-state index contributed by atoms with van der Waals surface area (Å²) >= 11 is 0. The Morgan fingerprint density at radius 1 is 1.11 bits per heavy atom. The van der Waals surface area contributed by atoms with Crippen LogP contribution in [0.15, 0.2) is 53.7 Å². The predicted octanol–water partition coefficient (Wildman–Crippen LogP) is 1.38. The van der Waals surface area contributed by atoms with Crippen molar-refractivity contribution in [3.8, 4) is 0 Å². The quantitative estimate of drug-likeness (QED) is 0.627. The van der Waals surface area contributed by atoms with E-state index < -0.39 is 0 Å². The van der Waals surface area contributed by atoms with Crippen molar-refractivity contribution < 1.29 is 4.79 Å². The number of para-hydroxylation sites is 1. The summed E-state index contributed by atoms with van der Waals surface area (Å²) in [6.07, 6.45) is 2.03. The molecule has 0 radical (unpaired) electrons. The zero-order valence-corrected chi connectivity index (χ0v) is 17.0. The fourth-order valence-electron chi connectivity index (χ4n) is 3.48. The van der Waals surface area contributed by atoms with Gasteiger partial charge in [0.15, 0.2) is 5.96 Å². The van der Waals surface area contributed by atoms with Gasteiger partial charge in [-0.3, -0.25) is 9.79 Å². The first-order valence-electron chi connectivity index (χ1n) is 9.68. The van der Waals surface area contributed by atoms with Gasteiger partial charge in [0.1, 0.15) is 0 Å². The molecule has 28 heavy (non-hydrogen) atoms. The molecule has 1 fully saturated rings. The molecule has 2 aromatic rings. The molecular weight excluding hydrogens is 352 g/mol. The third-order valence-corrected chi connectivity index (χ3v) is 5.18. The highest BCUT2D eigenvalue weighted by Gasteiger charge is 2.21. The number of nitrogens with zero attached hydrogens (tertiary/aromatic N) is 5. The molecule has 1 amide bonds. The molecule has 1 aliphatic heterocycles. The molecule has 0 atom stereocenters. The van der Waals surface area contributed by atoms with Crippen molar-refractivity contribution in [3.63, 3.8) is 0 Å². The molecule has 3 rings (SSSR count). The lowest BCUT2D eigenvalue weighted by molar-refractivity contribution is -0.130. The Balaban J connectivity index is 1.46. The number of aryl methyl sites for hydroxylation is 1. The van der Waals surface area contributed by atoms with E-state index in [0.717, 1.165) is 38.7 Å². The smallest absolute Gasteiger partial charge is 0.242 e. The lowest BCUT2D eigenvalue weighted by atomic mass is 10.2. The van der Waals surface area contributed by atoms with Gasteiger partial charge in [0.05, 0.1) is 13.1 Å². The van der Waals surface area contributed by atoms with Crippen LogP contribution in [-0.4, -0.2) is 73.1 Å². The molecule has 0 saturated carbocycles. The lowest BCUT2D eigenvalue weighted by Crippen LogP contribution is -2.52. The molecule has 1 aliphatic rings. The lowest BCUT2D eigenvalue weighted by Gasteiger charge is -2.36. The Labute approximate surface area is 167 Å². The summed E-state index contributed by atoms with van der Waals surface area (Å²) in [4.78, 5) is 23.2. The second-order valence-electron chi connectivity index (χ2n) is 7.07. The van der Waals surface area contributed by atoms with E-state index in [-0.39, 0.29) is 12.5 Å². The second-order valence-corrected chi connectivity index (χ2v) is 7.07. The first-order valence-corrected chi connectivity index (χ1v) is 9.68. The maximum atomic E-state index is 12.6. The summed E-state index contributed by atoms with van der Waals surface area (Å²) in [6.45, 7) is 4.19. The van der Waals surface area contributed by atoms with Crippen LogP contribution in [0, 0.1) is 0 Å². The molecule has 1 N–H and O–H groups in total. The summed E-state index contributed by atoms with van der Waals surface area (Å²) in [6, 6.07) is 14.5. The van der Waals surface area contributed by atoms with Crippen molar-refractivity contribution in [1.82, 2.24) is 19.7 Å². The molecule has 2 heterocycles. The molecule has 0 unspecified atom stereocenters. The summed E-state index contributed by atoms with van der Waals surface area (Å²) < 4.78 is 2.08. The molecule has 7 nitrogen and oxygen atoms in total. The molecule has 1 saturated heterocycles. The van der Waals surface area contributed by atoms with E-state index in [4.69, 9.17) is 0 Å². The van der Waals surface area contributed by atoms with E-state index in [1.807, 2.05) is 54.4 Å². The maximum absolute atomic E-state index is 12.6. The van der Waals surface area contributed by atoms with Gasteiger partial charge in [-0.2, -0.15) is 0 Å². The number of anilines is 1. The van der Waals surface area contributed by atoms with Crippen LogP contribution >= 0.6 is 0 Å². The van der Waals surface area contributed by atoms with Crippen LogP contribution in [-0.2, 0) is 18.4 Å². The highest BCUT2D eigenvalue weighted by Crippen LogP contribution is 2.15. The van der Waals surface area contributed by atoms with Gasteiger partial charge in [-0.15, -0.1) is 0 Å². The van der Waals surface area contributed by atoms with E-state index in [1.54, 1.807) is 7.05 Å². The number of rotatable bonds is 5. The minimum Gasteiger partial charge on any atom is -0.368 e. The molecule has 0 aliphatic carbocycles. The van der Waals surface area contributed by atoms with Gasteiger partial charge < -0.3 is 24.6 Å². The van der Waals surface area contributed by atoms with Crippen molar-refractivity contribution in [2.75, 3.05) is 51.7 Å². The number of aliphatic imine (C=N–C) groups is 1. The molecule has 0 spiro atoms. The van der Waals surface area contributed by atoms with Crippen LogP contribution in [0.1, 0.15) is 5.69 Å². The molecule has 1 aromatic carbocycles. The SMILES string of the molecule is CN=C(NCC(=O)N1CCN(c2ccccc2)CC1)N(C)Cc1cccn1C. The van der Waals surface area contributed by atoms with Crippen molar-refractivity contribution in [1.29, 1.82) is 0 Å². The third-order valence-electron chi connectivity index (χ3n) is 5.18. The minimum absolute atomic E-state index is 0.112. The Morgan fingerprint density at radius 3 is 2.43 bits per heavy atom.